The standard InChI is InChI=1S/C26H25FN4O2S/c1-30(2)23(18-8-4-3-5-9-18)16-28-24(32)17-34-26-29-22-11-7-6-10-21(22)25(33)31(26)20-14-12-19(27)13-15-20/h3-15,23H,16-17H2,1-2H3,(H,28,32)/p+1/t23-/m1/s1. The first kappa shape index (κ1) is 23.7. The molecule has 0 bridgehead atoms. The number of rotatable bonds is 8. The molecule has 2 N–H and O–H groups in total. The molecule has 3 aromatic carbocycles. The van der Waals surface area contributed by atoms with Crippen molar-refractivity contribution in [2.45, 2.75) is 11.2 Å². The topological polar surface area (TPSA) is 68.4 Å². The number of quaternary nitrogens is 1. The molecule has 0 spiro atoms. The quantitative estimate of drug-likeness (QED) is 0.302. The minimum Gasteiger partial charge on any atom is -0.349 e. The summed E-state index contributed by atoms with van der Waals surface area (Å²) in [5.41, 5.74) is 1.93. The molecule has 0 aliphatic rings. The molecule has 1 atom stereocenters. The van der Waals surface area contributed by atoms with Gasteiger partial charge in [0.05, 0.1) is 43.0 Å². The molecule has 174 valence electrons. The molecule has 0 radical (unpaired) electrons. The Labute approximate surface area is 201 Å². The fourth-order valence-corrected chi connectivity index (χ4v) is 4.61. The highest BCUT2D eigenvalue weighted by molar-refractivity contribution is 7.99. The van der Waals surface area contributed by atoms with Crippen LogP contribution in [0.5, 0.6) is 0 Å². The highest BCUT2D eigenvalue weighted by atomic mass is 32.2. The Morgan fingerprint density at radius 3 is 2.41 bits per heavy atom. The number of benzene rings is 3. The first-order chi connectivity index (χ1) is 16.4. The monoisotopic (exact) mass is 477 g/mol. The summed E-state index contributed by atoms with van der Waals surface area (Å²) < 4.78 is 14.9. The van der Waals surface area contributed by atoms with E-state index in [9.17, 15) is 14.0 Å². The molecule has 6 nitrogen and oxygen atoms in total. The van der Waals surface area contributed by atoms with E-state index in [-0.39, 0.29) is 23.3 Å². The van der Waals surface area contributed by atoms with Gasteiger partial charge in [-0.3, -0.25) is 14.2 Å². The third-order valence-electron chi connectivity index (χ3n) is 5.56. The number of hydrogen-bond acceptors (Lipinski definition) is 4. The van der Waals surface area contributed by atoms with Gasteiger partial charge in [0, 0.05) is 5.56 Å². The maximum Gasteiger partial charge on any atom is 0.266 e. The van der Waals surface area contributed by atoms with Gasteiger partial charge in [0.2, 0.25) is 5.91 Å². The second-order valence-corrected chi connectivity index (χ2v) is 9.10. The van der Waals surface area contributed by atoms with Gasteiger partial charge < -0.3 is 10.2 Å². The van der Waals surface area contributed by atoms with Gasteiger partial charge in [0.15, 0.2) is 5.16 Å². The van der Waals surface area contributed by atoms with Crippen molar-refractivity contribution in [2.24, 2.45) is 0 Å². The maximum atomic E-state index is 13.5. The molecule has 1 aromatic heterocycles. The average molecular weight is 478 g/mol. The number of hydrogen-bond donors (Lipinski definition) is 2. The first-order valence-electron chi connectivity index (χ1n) is 11.0. The van der Waals surface area contributed by atoms with Crippen molar-refractivity contribution in [3.8, 4) is 5.69 Å². The number of para-hydroxylation sites is 1. The molecule has 0 unspecified atom stereocenters. The van der Waals surface area contributed by atoms with E-state index in [1.165, 1.54) is 45.5 Å². The summed E-state index contributed by atoms with van der Waals surface area (Å²) in [5.74, 6) is -0.452. The predicted molar refractivity (Wildman–Crippen MR) is 133 cm³/mol. The highest BCUT2D eigenvalue weighted by Gasteiger charge is 2.19. The number of likely N-dealkylation sites (N-methyl/N-ethyl adjacent to an activating group) is 1. The average Bonchev–Trinajstić information content (AvgIpc) is 2.84. The molecule has 4 aromatic rings. The summed E-state index contributed by atoms with van der Waals surface area (Å²) in [4.78, 5) is 31.8. The molecular weight excluding hydrogens is 451 g/mol. The Bertz CT molecular complexity index is 1340. The molecular formula is C26H26FN4O2S+. The number of thioether (sulfide) groups is 1. The molecule has 0 aliphatic heterocycles. The molecule has 0 aliphatic carbocycles. The molecule has 1 heterocycles. The van der Waals surface area contributed by atoms with E-state index in [1.807, 2.05) is 24.3 Å². The Morgan fingerprint density at radius 1 is 1.03 bits per heavy atom. The summed E-state index contributed by atoms with van der Waals surface area (Å²) in [6.45, 7) is 0.488. The van der Waals surface area contributed by atoms with Crippen molar-refractivity contribution < 1.29 is 14.1 Å². The van der Waals surface area contributed by atoms with Gasteiger partial charge in [-0.1, -0.05) is 54.2 Å². The van der Waals surface area contributed by atoms with E-state index in [0.29, 0.717) is 28.3 Å². The maximum absolute atomic E-state index is 13.5. The Balaban J connectivity index is 1.54. The number of nitrogens with zero attached hydrogens (tertiary/aromatic N) is 2. The lowest BCUT2D eigenvalue weighted by Gasteiger charge is -2.22. The normalized spacial score (nSPS) is 12.1. The Kier molecular flexibility index (Phi) is 7.40. The zero-order chi connectivity index (χ0) is 24.1. The Hall–Kier alpha value is -3.49. The van der Waals surface area contributed by atoms with Gasteiger partial charge in [0.25, 0.3) is 5.56 Å². The third kappa shape index (κ3) is 5.35. The van der Waals surface area contributed by atoms with Gasteiger partial charge in [-0.2, -0.15) is 0 Å². The summed E-state index contributed by atoms with van der Waals surface area (Å²) in [7, 11) is 4.11. The lowest BCUT2D eigenvalue weighted by molar-refractivity contribution is -0.890. The van der Waals surface area contributed by atoms with Crippen LogP contribution in [0.3, 0.4) is 0 Å². The number of carbonyl (C=O) groups excluding carboxylic acids is 1. The smallest absolute Gasteiger partial charge is 0.266 e. The van der Waals surface area contributed by atoms with Crippen LogP contribution >= 0.6 is 11.8 Å². The van der Waals surface area contributed by atoms with Crippen LogP contribution in [0.15, 0.2) is 88.8 Å². The number of aromatic nitrogens is 2. The fourth-order valence-electron chi connectivity index (χ4n) is 3.76. The molecule has 0 saturated carbocycles. The molecule has 8 heteroatoms. The van der Waals surface area contributed by atoms with Crippen LogP contribution in [-0.2, 0) is 4.79 Å². The van der Waals surface area contributed by atoms with E-state index in [0.717, 1.165) is 5.56 Å². The van der Waals surface area contributed by atoms with Crippen molar-refractivity contribution in [1.29, 1.82) is 0 Å². The minimum absolute atomic E-state index is 0.0935. The fraction of sp³-hybridized carbons (Fsp3) is 0.192. The molecule has 0 fully saturated rings. The first-order valence-corrected chi connectivity index (χ1v) is 11.9. The van der Waals surface area contributed by atoms with Crippen LogP contribution in [0, 0.1) is 5.82 Å². The van der Waals surface area contributed by atoms with E-state index in [4.69, 9.17) is 0 Å². The number of halogens is 1. The summed E-state index contributed by atoms with van der Waals surface area (Å²) in [5, 5.41) is 3.84. The van der Waals surface area contributed by atoms with Crippen molar-refractivity contribution in [1.82, 2.24) is 14.9 Å². The van der Waals surface area contributed by atoms with Gasteiger partial charge in [-0.15, -0.1) is 0 Å². The molecule has 34 heavy (non-hydrogen) atoms. The number of amides is 1. The van der Waals surface area contributed by atoms with Crippen LogP contribution in [0.4, 0.5) is 4.39 Å². The predicted octanol–water partition coefficient (Wildman–Crippen LogP) is 2.62. The second kappa shape index (κ2) is 10.6. The zero-order valence-corrected chi connectivity index (χ0v) is 19.8. The van der Waals surface area contributed by atoms with E-state index >= 15 is 0 Å². The lowest BCUT2D eigenvalue weighted by atomic mass is 10.1. The van der Waals surface area contributed by atoms with Gasteiger partial charge in [-0.05, 0) is 36.4 Å². The number of fused-ring (bicyclic) bond motifs is 1. The van der Waals surface area contributed by atoms with Crippen LogP contribution in [0.1, 0.15) is 11.6 Å². The number of nitrogens with one attached hydrogen (secondary N) is 2. The van der Waals surface area contributed by atoms with Crippen molar-refractivity contribution in [2.75, 3.05) is 26.4 Å². The van der Waals surface area contributed by atoms with Crippen molar-refractivity contribution >= 4 is 28.6 Å². The van der Waals surface area contributed by atoms with E-state index in [2.05, 4.69) is 36.5 Å². The van der Waals surface area contributed by atoms with E-state index in [1.54, 1.807) is 18.2 Å². The largest absolute Gasteiger partial charge is 0.349 e. The summed E-state index contributed by atoms with van der Waals surface area (Å²) >= 11 is 1.18. The lowest BCUT2D eigenvalue weighted by Crippen LogP contribution is -3.07. The van der Waals surface area contributed by atoms with Crippen LogP contribution in [0.2, 0.25) is 0 Å². The van der Waals surface area contributed by atoms with Crippen LogP contribution in [0.25, 0.3) is 16.6 Å². The third-order valence-corrected chi connectivity index (χ3v) is 6.50. The summed E-state index contributed by atoms with van der Waals surface area (Å²) in [6.07, 6.45) is 0. The zero-order valence-electron chi connectivity index (χ0n) is 19.0. The van der Waals surface area contributed by atoms with Crippen LogP contribution < -0.4 is 15.8 Å². The number of carbonyl (C=O) groups is 1. The van der Waals surface area contributed by atoms with Crippen LogP contribution in [-0.4, -0.2) is 41.9 Å². The molecule has 1 amide bonds. The van der Waals surface area contributed by atoms with E-state index < -0.39 is 5.82 Å². The molecule has 4 rings (SSSR count). The second-order valence-electron chi connectivity index (χ2n) is 8.16. The van der Waals surface area contributed by atoms with Gasteiger partial charge in [0.1, 0.15) is 11.9 Å². The van der Waals surface area contributed by atoms with Gasteiger partial charge in [-0.25, -0.2) is 9.37 Å². The molecule has 0 saturated heterocycles. The highest BCUT2D eigenvalue weighted by Crippen LogP contribution is 2.21. The van der Waals surface area contributed by atoms with Gasteiger partial charge >= 0.3 is 0 Å². The Morgan fingerprint density at radius 2 is 1.71 bits per heavy atom. The SMILES string of the molecule is C[NH+](C)[C@H](CNC(=O)CSc1nc2ccccc2c(=O)n1-c1ccc(F)cc1)c1ccccc1. The minimum atomic E-state index is -0.393. The summed E-state index contributed by atoms with van der Waals surface area (Å²) in [6, 6.07) is 22.9. The van der Waals surface area contributed by atoms with Crippen molar-refractivity contribution in [3.63, 3.8) is 0 Å². The van der Waals surface area contributed by atoms with Crippen molar-refractivity contribution in [3.05, 3.63) is 101 Å².